The Balaban J connectivity index is 1.76. The van der Waals surface area contributed by atoms with Crippen LogP contribution >= 0.6 is 0 Å². The second-order valence-corrected chi connectivity index (χ2v) is 5.35. The van der Waals surface area contributed by atoms with Gasteiger partial charge in [0.15, 0.2) is 0 Å². The van der Waals surface area contributed by atoms with Crippen molar-refractivity contribution in [3.05, 3.63) is 18.7 Å². The van der Waals surface area contributed by atoms with Crippen molar-refractivity contribution in [1.29, 1.82) is 0 Å². The molecule has 1 aromatic heterocycles. The van der Waals surface area contributed by atoms with E-state index >= 15 is 0 Å². The zero-order valence-electron chi connectivity index (χ0n) is 10.9. The van der Waals surface area contributed by atoms with E-state index in [0.717, 1.165) is 5.69 Å². The zero-order chi connectivity index (χ0) is 13.2. The van der Waals surface area contributed by atoms with Gasteiger partial charge in [-0.2, -0.15) is 0 Å². The van der Waals surface area contributed by atoms with Gasteiger partial charge in [-0.05, 0) is 20.8 Å². The second-order valence-electron chi connectivity index (χ2n) is 5.35. The Hall–Kier alpha value is -1.85. The minimum atomic E-state index is -0.442. The minimum absolute atomic E-state index is 0.239. The molecule has 1 fully saturated rings. The van der Waals surface area contributed by atoms with Crippen molar-refractivity contribution in [3.63, 3.8) is 0 Å². The van der Waals surface area contributed by atoms with Crippen LogP contribution in [0.2, 0.25) is 0 Å². The molecular weight excluding hydrogens is 232 g/mol. The van der Waals surface area contributed by atoms with Gasteiger partial charge in [0.2, 0.25) is 0 Å². The van der Waals surface area contributed by atoms with Gasteiger partial charge >= 0.3 is 6.09 Å². The molecule has 18 heavy (non-hydrogen) atoms. The first kappa shape index (κ1) is 12.6. The van der Waals surface area contributed by atoms with Gasteiger partial charge in [-0.1, -0.05) is 0 Å². The van der Waals surface area contributed by atoms with Gasteiger partial charge in [-0.3, -0.25) is 0 Å². The predicted molar refractivity (Wildman–Crippen MR) is 67.2 cm³/mol. The molecule has 1 aliphatic heterocycles. The molecule has 0 radical (unpaired) electrons. The van der Waals surface area contributed by atoms with E-state index < -0.39 is 5.60 Å². The minimum Gasteiger partial charge on any atom is -0.444 e. The average Bonchev–Trinajstić information content (AvgIpc) is 2.21. The molecule has 0 aromatic carbocycles. The van der Waals surface area contributed by atoms with Gasteiger partial charge in [0.1, 0.15) is 11.9 Å². The van der Waals surface area contributed by atoms with Crippen LogP contribution in [0.4, 0.5) is 10.5 Å². The molecule has 1 amide bonds. The third kappa shape index (κ3) is 3.32. The van der Waals surface area contributed by atoms with Crippen LogP contribution in [0.25, 0.3) is 0 Å². The lowest BCUT2D eigenvalue weighted by atomic mass is 10.1. The number of hydrogen-bond acceptors (Lipinski definition) is 5. The normalized spacial score (nSPS) is 16.1. The van der Waals surface area contributed by atoms with Gasteiger partial charge in [0.05, 0.1) is 24.1 Å². The molecule has 1 aliphatic rings. The number of amides is 1. The maximum absolute atomic E-state index is 11.7. The highest BCUT2D eigenvalue weighted by atomic mass is 16.6. The molecule has 0 spiro atoms. The molecule has 1 saturated heterocycles. The summed E-state index contributed by atoms with van der Waals surface area (Å²) in [6.45, 7) is 6.87. The largest absolute Gasteiger partial charge is 0.444 e. The zero-order valence-corrected chi connectivity index (χ0v) is 10.9. The van der Waals surface area contributed by atoms with Crippen molar-refractivity contribution in [1.82, 2.24) is 14.9 Å². The summed E-state index contributed by atoms with van der Waals surface area (Å²) in [6.07, 6.45) is 4.65. The lowest BCUT2D eigenvalue weighted by Crippen LogP contribution is -2.57. The number of carbonyl (C=O) groups excluding carboxylic acids is 1. The van der Waals surface area contributed by atoms with E-state index in [1.165, 1.54) is 6.33 Å². The molecule has 2 rings (SSSR count). The van der Waals surface area contributed by atoms with E-state index in [1.54, 1.807) is 17.3 Å². The Bertz CT molecular complexity index is 410. The molecule has 0 unspecified atom stereocenters. The van der Waals surface area contributed by atoms with E-state index in [0.29, 0.717) is 13.1 Å². The van der Waals surface area contributed by atoms with Crippen LogP contribution in [-0.4, -0.2) is 45.7 Å². The Kier molecular flexibility index (Phi) is 3.36. The number of rotatable bonds is 2. The molecule has 1 N–H and O–H groups in total. The Morgan fingerprint density at radius 2 is 2.00 bits per heavy atom. The monoisotopic (exact) mass is 250 g/mol. The van der Waals surface area contributed by atoms with Crippen molar-refractivity contribution in [2.75, 3.05) is 18.4 Å². The highest BCUT2D eigenvalue weighted by Gasteiger charge is 2.33. The van der Waals surface area contributed by atoms with Crippen LogP contribution in [0, 0.1) is 0 Å². The second kappa shape index (κ2) is 4.80. The maximum atomic E-state index is 11.7. The highest BCUT2D eigenvalue weighted by molar-refractivity contribution is 5.69. The number of nitrogens with zero attached hydrogens (tertiary/aromatic N) is 3. The number of aromatic nitrogens is 2. The van der Waals surface area contributed by atoms with Gasteiger partial charge < -0.3 is 15.0 Å². The van der Waals surface area contributed by atoms with Crippen molar-refractivity contribution in [2.24, 2.45) is 0 Å². The van der Waals surface area contributed by atoms with Crippen LogP contribution < -0.4 is 5.32 Å². The van der Waals surface area contributed by atoms with E-state index in [2.05, 4.69) is 15.3 Å². The van der Waals surface area contributed by atoms with E-state index in [1.807, 2.05) is 20.8 Å². The number of nitrogens with one attached hydrogen (secondary N) is 1. The first-order valence-corrected chi connectivity index (χ1v) is 5.93. The van der Waals surface area contributed by atoms with E-state index in [-0.39, 0.29) is 12.1 Å². The predicted octanol–water partition coefficient (Wildman–Crippen LogP) is 1.51. The lowest BCUT2D eigenvalue weighted by molar-refractivity contribution is 0.0105. The van der Waals surface area contributed by atoms with Crippen molar-refractivity contribution in [2.45, 2.75) is 32.4 Å². The van der Waals surface area contributed by atoms with Crippen molar-refractivity contribution >= 4 is 11.8 Å². The molecule has 98 valence electrons. The fourth-order valence-electron chi connectivity index (χ4n) is 1.65. The van der Waals surface area contributed by atoms with Crippen LogP contribution in [-0.2, 0) is 4.74 Å². The lowest BCUT2D eigenvalue weighted by Gasteiger charge is -2.40. The average molecular weight is 250 g/mol. The molecule has 2 heterocycles. The SMILES string of the molecule is CC(C)(C)OC(=O)N1CC(Nc2cncnc2)C1. The molecule has 6 heteroatoms. The van der Waals surface area contributed by atoms with Gasteiger partial charge in [0, 0.05) is 13.1 Å². The van der Waals surface area contributed by atoms with Gasteiger partial charge in [-0.15, -0.1) is 0 Å². The Morgan fingerprint density at radius 3 is 2.56 bits per heavy atom. The highest BCUT2D eigenvalue weighted by Crippen LogP contribution is 2.17. The van der Waals surface area contributed by atoms with Crippen LogP contribution in [0.3, 0.4) is 0 Å². The summed E-state index contributed by atoms with van der Waals surface area (Å²) in [5.41, 5.74) is 0.425. The topological polar surface area (TPSA) is 67.3 Å². The number of likely N-dealkylation sites (tertiary alicyclic amines) is 1. The molecule has 1 aromatic rings. The summed E-state index contributed by atoms with van der Waals surface area (Å²) < 4.78 is 5.27. The molecule has 0 aliphatic carbocycles. The summed E-state index contributed by atoms with van der Waals surface area (Å²) >= 11 is 0. The Labute approximate surface area is 106 Å². The number of ether oxygens (including phenoxy) is 1. The van der Waals surface area contributed by atoms with Crippen LogP contribution in [0.15, 0.2) is 18.7 Å². The fourth-order valence-corrected chi connectivity index (χ4v) is 1.65. The third-order valence-electron chi connectivity index (χ3n) is 2.46. The van der Waals surface area contributed by atoms with Gasteiger partial charge in [-0.25, -0.2) is 14.8 Å². The quantitative estimate of drug-likeness (QED) is 0.861. The maximum Gasteiger partial charge on any atom is 0.410 e. The molecule has 0 saturated carbocycles. The summed E-state index contributed by atoms with van der Waals surface area (Å²) in [7, 11) is 0. The summed E-state index contributed by atoms with van der Waals surface area (Å²) in [6, 6.07) is 0.239. The fraction of sp³-hybridized carbons (Fsp3) is 0.583. The summed E-state index contributed by atoms with van der Waals surface area (Å²) in [4.78, 5) is 21.2. The first-order valence-electron chi connectivity index (χ1n) is 5.93. The summed E-state index contributed by atoms with van der Waals surface area (Å²) in [5, 5.41) is 3.25. The molecular formula is C12H18N4O2. The Morgan fingerprint density at radius 1 is 1.39 bits per heavy atom. The standard InChI is InChI=1S/C12H18N4O2/c1-12(2,3)18-11(17)16-6-10(7-16)15-9-4-13-8-14-5-9/h4-5,8,10,15H,6-7H2,1-3H3. The third-order valence-corrected chi connectivity index (χ3v) is 2.46. The van der Waals surface area contributed by atoms with E-state index in [4.69, 9.17) is 4.74 Å². The molecule has 0 bridgehead atoms. The molecule has 0 atom stereocenters. The number of anilines is 1. The van der Waals surface area contributed by atoms with Crippen molar-refractivity contribution < 1.29 is 9.53 Å². The van der Waals surface area contributed by atoms with Crippen LogP contribution in [0.5, 0.6) is 0 Å². The van der Waals surface area contributed by atoms with Crippen molar-refractivity contribution in [3.8, 4) is 0 Å². The van der Waals surface area contributed by atoms with Crippen LogP contribution in [0.1, 0.15) is 20.8 Å². The smallest absolute Gasteiger partial charge is 0.410 e. The van der Waals surface area contributed by atoms with Gasteiger partial charge in [0.25, 0.3) is 0 Å². The number of carbonyl (C=O) groups is 1. The molecule has 6 nitrogen and oxygen atoms in total. The summed E-state index contributed by atoms with van der Waals surface area (Å²) in [5.74, 6) is 0. The first-order chi connectivity index (χ1) is 8.44. The number of hydrogen-bond donors (Lipinski definition) is 1. The van der Waals surface area contributed by atoms with E-state index in [9.17, 15) is 4.79 Å².